The van der Waals surface area contributed by atoms with Gasteiger partial charge in [0, 0.05) is 36.4 Å². The fourth-order valence-electron chi connectivity index (χ4n) is 3.20. The van der Waals surface area contributed by atoms with Crippen molar-refractivity contribution in [2.45, 2.75) is 24.6 Å². The summed E-state index contributed by atoms with van der Waals surface area (Å²) in [7, 11) is -2.99. The highest BCUT2D eigenvalue weighted by Gasteiger charge is 2.24. The summed E-state index contributed by atoms with van der Waals surface area (Å²) in [5.41, 5.74) is 1.95. The molecule has 1 unspecified atom stereocenters. The normalized spacial score (nSPS) is 18.5. The standard InChI is InChI=1S/C20H25N5O4S/c1-30(27,28)13-17-12-18(25-8-10-29-11-9-25)24-19(21-17)14-2-4-15(5-3-14)22-20(26)23-16-6-7-16/h2-5,12,16H,6-11,13H2,1H3,(H2-,21,22,23,24,26,27,28)/p+1. The van der Waals surface area contributed by atoms with Gasteiger partial charge in [-0.15, -0.1) is 0 Å². The van der Waals surface area contributed by atoms with E-state index in [1.165, 1.54) is 6.26 Å². The van der Waals surface area contributed by atoms with Crippen molar-refractivity contribution in [3.8, 4) is 11.4 Å². The molecule has 0 radical (unpaired) electrons. The van der Waals surface area contributed by atoms with E-state index in [4.69, 9.17) is 4.74 Å². The Morgan fingerprint density at radius 1 is 1.23 bits per heavy atom. The van der Waals surface area contributed by atoms with Gasteiger partial charge < -0.3 is 20.3 Å². The zero-order chi connectivity index (χ0) is 21.1. The molecule has 30 heavy (non-hydrogen) atoms. The number of rotatable bonds is 6. The average Bonchev–Trinajstić information content (AvgIpc) is 3.51. The minimum atomic E-state index is -2.99. The average molecular weight is 433 g/mol. The third-order valence-corrected chi connectivity index (χ3v) is 5.66. The second kappa shape index (κ2) is 8.66. The fourth-order valence-corrected chi connectivity index (χ4v) is 3.89. The zero-order valence-corrected chi connectivity index (χ0v) is 17.7. The molecule has 160 valence electrons. The summed E-state index contributed by atoms with van der Waals surface area (Å²) >= 11 is 0. The lowest BCUT2D eigenvalue weighted by Crippen LogP contribution is -2.37. The van der Waals surface area contributed by atoms with E-state index in [1.807, 2.05) is 12.1 Å². The molecule has 0 spiro atoms. The van der Waals surface area contributed by atoms with Crippen LogP contribution in [0.15, 0.2) is 30.3 Å². The van der Waals surface area contributed by atoms with Crippen LogP contribution in [0.3, 0.4) is 0 Å². The molecule has 2 amide bonds. The Labute approximate surface area is 176 Å². The van der Waals surface area contributed by atoms with Gasteiger partial charge >= 0.3 is 6.03 Å². The molecule has 2 heterocycles. The number of morpholine rings is 1. The first-order chi connectivity index (χ1) is 14.4. The second-order valence-corrected chi connectivity index (χ2v) is 9.90. The maximum atomic E-state index is 11.9. The van der Waals surface area contributed by atoms with Crippen LogP contribution in [0.1, 0.15) is 18.5 Å². The zero-order valence-electron chi connectivity index (χ0n) is 16.8. The predicted octanol–water partition coefficient (Wildman–Crippen LogP) is 2.37. The highest BCUT2D eigenvalue weighted by atomic mass is 32.3. The number of carbonyl (C=O) groups is 1. The highest BCUT2D eigenvalue weighted by molar-refractivity contribution is 7.96. The van der Waals surface area contributed by atoms with Gasteiger partial charge in [0.05, 0.1) is 18.9 Å². The van der Waals surface area contributed by atoms with Crippen LogP contribution in [0.2, 0.25) is 0 Å². The molecular formula is C20H26N5O4S+. The molecule has 9 nitrogen and oxygen atoms in total. The maximum Gasteiger partial charge on any atom is 0.319 e. The van der Waals surface area contributed by atoms with Gasteiger partial charge in [-0.1, -0.05) is 4.21 Å². The summed E-state index contributed by atoms with van der Waals surface area (Å²) in [5, 5.41) is 5.69. The van der Waals surface area contributed by atoms with Crippen LogP contribution in [0.4, 0.5) is 16.3 Å². The number of carbonyl (C=O) groups excluding carboxylic acids is 1. The topological polar surface area (TPSA) is 117 Å². The van der Waals surface area contributed by atoms with Crippen molar-refractivity contribution in [2.24, 2.45) is 0 Å². The van der Waals surface area contributed by atoms with Crippen LogP contribution in [-0.2, 0) is 24.9 Å². The summed E-state index contributed by atoms with van der Waals surface area (Å²) in [6, 6.07) is 9.10. The van der Waals surface area contributed by atoms with Crippen molar-refractivity contribution in [2.75, 3.05) is 42.8 Å². The molecule has 1 aromatic carbocycles. The number of ether oxygens (including phenoxy) is 1. The van der Waals surface area contributed by atoms with Gasteiger partial charge in [-0.05, 0) is 37.1 Å². The molecule has 1 saturated carbocycles. The first kappa shape index (κ1) is 20.7. The van der Waals surface area contributed by atoms with Crippen LogP contribution in [-0.4, -0.2) is 59.2 Å². The van der Waals surface area contributed by atoms with E-state index in [2.05, 4.69) is 25.5 Å². The van der Waals surface area contributed by atoms with E-state index in [0.717, 1.165) is 18.4 Å². The van der Waals surface area contributed by atoms with Crippen LogP contribution < -0.4 is 15.5 Å². The second-order valence-electron chi connectivity index (χ2n) is 7.69. The molecule has 2 fully saturated rings. The van der Waals surface area contributed by atoms with E-state index in [1.54, 1.807) is 18.2 Å². The van der Waals surface area contributed by atoms with Gasteiger partial charge in [-0.3, -0.25) is 0 Å². The highest BCUT2D eigenvalue weighted by Crippen LogP contribution is 2.24. The Morgan fingerprint density at radius 3 is 2.57 bits per heavy atom. The van der Waals surface area contributed by atoms with Gasteiger partial charge in [0.15, 0.2) is 11.6 Å². The quantitative estimate of drug-likeness (QED) is 0.600. The Bertz CT molecular complexity index is 952. The van der Waals surface area contributed by atoms with Gasteiger partial charge in [-0.2, -0.15) is 4.55 Å². The SMILES string of the molecule is C[S+](=O)(O)Cc1cc(N2CCOCC2)nc(-c2ccc(NC(=O)NC3CC3)cc2)n1. The first-order valence-electron chi connectivity index (χ1n) is 9.94. The van der Waals surface area contributed by atoms with E-state index < -0.39 is 10.2 Å². The van der Waals surface area contributed by atoms with Crippen molar-refractivity contribution >= 4 is 27.7 Å². The van der Waals surface area contributed by atoms with Crippen molar-refractivity contribution in [3.05, 3.63) is 36.0 Å². The van der Waals surface area contributed by atoms with Gasteiger partial charge in [0.1, 0.15) is 12.1 Å². The predicted molar refractivity (Wildman–Crippen MR) is 116 cm³/mol. The monoisotopic (exact) mass is 432 g/mol. The van der Waals surface area contributed by atoms with Crippen LogP contribution >= 0.6 is 0 Å². The van der Waals surface area contributed by atoms with E-state index in [0.29, 0.717) is 55.4 Å². The minimum Gasteiger partial charge on any atom is -0.378 e. The van der Waals surface area contributed by atoms with Crippen molar-refractivity contribution < 1.29 is 18.3 Å². The number of nitrogens with one attached hydrogen (secondary N) is 2. The van der Waals surface area contributed by atoms with E-state index in [9.17, 15) is 13.6 Å². The molecule has 1 atom stereocenters. The number of nitrogens with zero attached hydrogens (tertiary/aromatic N) is 3. The van der Waals surface area contributed by atoms with Crippen LogP contribution in [0, 0.1) is 0 Å². The maximum absolute atomic E-state index is 11.9. The minimum absolute atomic E-state index is 0.0408. The van der Waals surface area contributed by atoms with Crippen LogP contribution in [0.25, 0.3) is 11.4 Å². The fraction of sp³-hybridized carbons (Fsp3) is 0.450. The lowest BCUT2D eigenvalue weighted by Gasteiger charge is -2.28. The third kappa shape index (κ3) is 5.74. The van der Waals surface area contributed by atoms with Gasteiger partial charge in [0.2, 0.25) is 10.2 Å². The molecule has 1 aliphatic heterocycles. The first-order valence-corrected chi connectivity index (χ1v) is 12.0. The Morgan fingerprint density at radius 2 is 1.93 bits per heavy atom. The number of amides is 2. The number of urea groups is 1. The molecule has 2 aromatic rings. The molecule has 3 N–H and O–H groups in total. The smallest absolute Gasteiger partial charge is 0.319 e. The van der Waals surface area contributed by atoms with E-state index in [-0.39, 0.29) is 11.8 Å². The number of hydrogen-bond acceptors (Lipinski definition) is 6. The third-order valence-electron chi connectivity index (χ3n) is 4.83. The Kier molecular flexibility index (Phi) is 5.98. The van der Waals surface area contributed by atoms with Crippen molar-refractivity contribution in [1.29, 1.82) is 0 Å². The summed E-state index contributed by atoms with van der Waals surface area (Å²) in [6.07, 6.45) is 3.36. The number of benzene rings is 1. The Balaban J connectivity index is 1.57. The molecule has 0 bridgehead atoms. The number of anilines is 2. The molecule has 1 saturated heterocycles. The summed E-state index contributed by atoms with van der Waals surface area (Å²) in [5.74, 6) is 1.15. The lowest BCUT2D eigenvalue weighted by atomic mass is 10.2. The molecule has 10 heteroatoms. The van der Waals surface area contributed by atoms with Crippen molar-refractivity contribution in [1.82, 2.24) is 15.3 Å². The molecule has 4 rings (SSSR count). The van der Waals surface area contributed by atoms with Crippen molar-refractivity contribution in [3.63, 3.8) is 0 Å². The van der Waals surface area contributed by atoms with Gasteiger partial charge in [-0.25, -0.2) is 14.8 Å². The lowest BCUT2D eigenvalue weighted by molar-refractivity contribution is 0.122. The summed E-state index contributed by atoms with van der Waals surface area (Å²) < 4.78 is 27.2. The molecule has 1 aromatic heterocycles. The van der Waals surface area contributed by atoms with Gasteiger partial charge in [0.25, 0.3) is 0 Å². The molecule has 2 aliphatic rings. The summed E-state index contributed by atoms with van der Waals surface area (Å²) in [4.78, 5) is 23.2. The largest absolute Gasteiger partial charge is 0.378 e. The summed E-state index contributed by atoms with van der Waals surface area (Å²) in [6.45, 7) is 2.63. The molecular weight excluding hydrogens is 406 g/mol. The van der Waals surface area contributed by atoms with E-state index >= 15 is 0 Å². The number of hydrogen-bond donors (Lipinski definition) is 3. The Hall–Kier alpha value is -2.56. The molecule has 1 aliphatic carbocycles. The number of aromatic nitrogens is 2. The van der Waals surface area contributed by atoms with Crippen LogP contribution in [0.5, 0.6) is 0 Å².